The Balaban J connectivity index is 1.99. The Morgan fingerprint density at radius 3 is 2.45 bits per heavy atom. The summed E-state index contributed by atoms with van der Waals surface area (Å²) in [5.41, 5.74) is 4.54. The number of rotatable bonds is 2. The van der Waals surface area contributed by atoms with Crippen LogP contribution in [-0.4, -0.2) is 4.98 Å². The molecule has 1 heterocycles. The Bertz CT molecular complexity index is 747. The Morgan fingerprint density at radius 2 is 1.75 bits per heavy atom. The lowest BCUT2D eigenvalue weighted by Gasteiger charge is -2.02. The Morgan fingerprint density at radius 1 is 1.00 bits per heavy atom. The van der Waals surface area contributed by atoms with Crippen LogP contribution in [0.4, 0.5) is 0 Å². The fourth-order valence-electron chi connectivity index (χ4n) is 1.94. The number of aromatic nitrogens is 1. The molecule has 0 bridgehead atoms. The minimum atomic E-state index is 1.02. The molecular weight excluding hydrogens is 398 g/mol. The summed E-state index contributed by atoms with van der Waals surface area (Å²) < 4.78 is 2.17. The molecule has 0 aliphatic carbocycles. The molecular formula is C16H11Br2NS. The maximum atomic E-state index is 4.74. The van der Waals surface area contributed by atoms with Crippen molar-refractivity contribution in [1.82, 2.24) is 4.98 Å². The average molecular weight is 409 g/mol. The first kappa shape index (κ1) is 14.0. The van der Waals surface area contributed by atoms with Crippen molar-refractivity contribution in [2.45, 2.75) is 6.92 Å². The molecule has 0 N–H and O–H groups in total. The molecule has 0 saturated heterocycles. The molecule has 0 radical (unpaired) electrons. The molecule has 100 valence electrons. The molecule has 0 aliphatic rings. The molecule has 1 aromatic heterocycles. The van der Waals surface area contributed by atoms with Crippen LogP contribution in [0.5, 0.6) is 0 Å². The number of nitrogens with zero attached hydrogens (tertiary/aromatic N) is 1. The third-order valence-electron chi connectivity index (χ3n) is 3.00. The fourth-order valence-corrected chi connectivity index (χ4v) is 3.89. The maximum Gasteiger partial charge on any atom is 0.125 e. The van der Waals surface area contributed by atoms with Gasteiger partial charge in [-0.15, -0.1) is 11.3 Å². The van der Waals surface area contributed by atoms with Crippen molar-refractivity contribution in [1.29, 1.82) is 0 Å². The van der Waals surface area contributed by atoms with Crippen LogP contribution in [0.15, 0.2) is 56.8 Å². The molecule has 3 aromatic rings. The highest BCUT2D eigenvalue weighted by molar-refractivity contribution is 9.10. The van der Waals surface area contributed by atoms with Crippen molar-refractivity contribution < 1.29 is 0 Å². The van der Waals surface area contributed by atoms with E-state index in [-0.39, 0.29) is 0 Å². The minimum absolute atomic E-state index is 1.02. The van der Waals surface area contributed by atoms with Crippen LogP contribution in [0.2, 0.25) is 0 Å². The summed E-state index contributed by atoms with van der Waals surface area (Å²) in [4.78, 5) is 4.74. The van der Waals surface area contributed by atoms with E-state index < -0.39 is 0 Å². The van der Waals surface area contributed by atoms with Crippen LogP contribution in [0.1, 0.15) is 5.56 Å². The van der Waals surface area contributed by atoms with Gasteiger partial charge in [-0.3, -0.25) is 0 Å². The van der Waals surface area contributed by atoms with Crippen molar-refractivity contribution >= 4 is 43.2 Å². The largest absolute Gasteiger partial charge is 0.236 e. The smallest absolute Gasteiger partial charge is 0.125 e. The monoisotopic (exact) mass is 407 g/mol. The number of thiazole rings is 1. The summed E-state index contributed by atoms with van der Waals surface area (Å²) in [5, 5.41) is 3.14. The van der Waals surface area contributed by atoms with Crippen LogP contribution in [0.3, 0.4) is 0 Å². The van der Waals surface area contributed by atoms with E-state index in [9.17, 15) is 0 Å². The number of benzene rings is 2. The topological polar surface area (TPSA) is 12.9 Å². The predicted molar refractivity (Wildman–Crippen MR) is 93.1 cm³/mol. The molecule has 0 amide bonds. The highest BCUT2D eigenvalue weighted by Crippen LogP contribution is 2.34. The summed E-state index contributed by atoms with van der Waals surface area (Å²) in [6, 6.07) is 14.6. The molecule has 0 spiro atoms. The normalized spacial score (nSPS) is 10.8. The number of halogens is 2. The van der Waals surface area contributed by atoms with Crippen LogP contribution < -0.4 is 0 Å². The van der Waals surface area contributed by atoms with Crippen molar-refractivity contribution in [2.24, 2.45) is 0 Å². The zero-order valence-electron chi connectivity index (χ0n) is 10.7. The van der Waals surface area contributed by atoms with Crippen LogP contribution in [-0.2, 0) is 0 Å². The summed E-state index contributed by atoms with van der Waals surface area (Å²) in [5.74, 6) is 0. The molecule has 0 aliphatic heterocycles. The molecule has 0 fully saturated rings. The van der Waals surface area contributed by atoms with E-state index in [1.165, 1.54) is 5.56 Å². The van der Waals surface area contributed by atoms with Gasteiger partial charge >= 0.3 is 0 Å². The predicted octanol–water partition coefficient (Wildman–Crippen LogP) is 6.31. The van der Waals surface area contributed by atoms with E-state index >= 15 is 0 Å². The van der Waals surface area contributed by atoms with Gasteiger partial charge in [0.2, 0.25) is 0 Å². The standard InChI is InChI=1S/C16H11Br2NS/c1-10-2-7-13(14(18)8-10)16-19-15(9-20-16)11-3-5-12(17)6-4-11/h2-9H,1H3. The average Bonchev–Trinajstić information content (AvgIpc) is 2.89. The van der Waals surface area contributed by atoms with Gasteiger partial charge in [-0.05, 0) is 30.7 Å². The Hall–Kier alpha value is -0.970. The summed E-state index contributed by atoms with van der Waals surface area (Å²) >= 11 is 8.74. The van der Waals surface area contributed by atoms with E-state index in [0.717, 1.165) is 30.8 Å². The molecule has 20 heavy (non-hydrogen) atoms. The van der Waals surface area contributed by atoms with Crippen molar-refractivity contribution in [3.05, 3.63) is 62.4 Å². The van der Waals surface area contributed by atoms with Crippen LogP contribution >= 0.6 is 43.2 Å². The van der Waals surface area contributed by atoms with Crippen molar-refractivity contribution in [3.63, 3.8) is 0 Å². The zero-order chi connectivity index (χ0) is 14.1. The van der Waals surface area contributed by atoms with Gasteiger partial charge in [0, 0.05) is 25.5 Å². The minimum Gasteiger partial charge on any atom is -0.236 e. The second-order valence-corrected chi connectivity index (χ2v) is 7.16. The van der Waals surface area contributed by atoms with Gasteiger partial charge in [0.05, 0.1) is 5.69 Å². The van der Waals surface area contributed by atoms with Crippen LogP contribution in [0.25, 0.3) is 21.8 Å². The van der Waals surface area contributed by atoms with Gasteiger partial charge in [0.25, 0.3) is 0 Å². The molecule has 0 unspecified atom stereocenters. The first-order valence-corrected chi connectivity index (χ1v) is 8.58. The second kappa shape index (κ2) is 5.80. The van der Waals surface area contributed by atoms with E-state index in [2.05, 4.69) is 74.5 Å². The molecule has 3 rings (SSSR count). The number of aryl methyl sites for hydroxylation is 1. The van der Waals surface area contributed by atoms with Crippen molar-refractivity contribution in [3.8, 4) is 21.8 Å². The Labute approximate surface area is 139 Å². The second-order valence-electron chi connectivity index (χ2n) is 4.53. The first-order valence-electron chi connectivity index (χ1n) is 6.11. The maximum absolute atomic E-state index is 4.74. The lowest BCUT2D eigenvalue weighted by molar-refractivity contribution is 1.38. The summed E-state index contributed by atoms with van der Waals surface area (Å²) in [7, 11) is 0. The van der Waals surface area contributed by atoms with Gasteiger partial charge in [-0.1, -0.05) is 56.1 Å². The van der Waals surface area contributed by atoms with E-state index in [0.29, 0.717) is 0 Å². The van der Waals surface area contributed by atoms with Crippen LogP contribution in [0, 0.1) is 6.92 Å². The quantitative estimate of drug-likeness (QED) is 0.484. The third kappa shape index (κ3) is 2.87. The third-order valence-corrected chi connectivity index (χ3v) is 5.06. The lowest BCUT2D eigenvalue weighted by Crippen LogP contribution is -1.82. The highest BCUT2D eigenvalue weighted by atomic mass is 79.9. The molecule has 0 atom stereocenters. The highest BCUT2D eigenvalue weighted by Gasteiger charge is 2.09. The SMILES string of the molecule is Cc1ccc(-c2nc(-c3ccc(Br)cc3)cs2)c(Br)c1. The fraction of sp³-hybridized carbons (Fsp3) is 0.0625. The summed E-state index contributed by atoms with van der Waals surface area (Å²) in [6.45, 7) is 2.09. The number of hydrogen-bond acceptors (Lipinski definition) is 2. The summed E-state index contributed by atoms with van der Waals surface area (Å²) in [6.07, 6.45) is 0. The van der Waals surface area contributed by atoms with Gasteiger partial charge in [-0.2, -0.15) is 0 Å². The van der Waals surface area contributed by atoms with E-state index in [1.807, 2.05) is 12.1 Å². The van der Waals surface area contributed by atoms with Gasteiger partial charge < -0.3 is 0 Å². The Kier molecular flexibility index (Phi) is 4.06. The molecule has 1 nitrogen and oxygen atoms in total. The van der Waals surface area contributed by atoms with E-state index in [4.69, 9.17) is 4.98 Å². The molecule has 4 heteroatoms. The number of hydrogen-bond donors (Lipinski definition) is 0. The van der Waals surface area contributed by atoms with E-state index in [1.54, 1.807) is 11.3 Å². The zero-order valence-corrected chi connectivity index (χ0v) is 14.7. The molecule has 2 aromatic carbocycles. The van der Waals surface area contributed by atoms with Gasteiger partial charge in [0.15, 0.2) is 0 Å². The van der Waals surface area contributed by atoms with Gasteiger partial charge in [0.1, 0.15) is 5.01 Å². The first-order chi connectivity index (χ1) is 9.63. The van der Waals surface area contributed by atoms with Crippen molar-refractivity contribution in [2.75, 3.05) is 0 Å². The lowest BCUT2D eigenvalue weighted by atomic mass is 10.1. The molecule has 0 saturated carbocycles. The van der Waals surface area contributed by atoms with Gasteiger partial charge in [-0.25, -0.2) is 4.98 Å².